The van der Waals surface area contributed by atoms with E-state index in [2.05, 4.69) is 10.2 Å². The fourth-order valence-corrected chi connectivity index (χ4v) is 1.72. The first-order valence-corrected chi connectivity index (χ1v) is 5.34. The summed E-state index contributed by atoms with van der Waals surface area (Å²) in [6.45, 7) is 3.44. The van der Waals surface area contributed by atoms with Crippen molar-refractivity contribution in [3.05, 3.63) is 46.1 Å². The Hall–Kier alpha value is -1.55. The lowest BCUT2D eigenvalue weighted by Crippen LogP contribution is -2.00. The van der Waals surface area contributed by atoms with E-state index in [1.807, 2.05) is 0 Å². The minimum atomic E-state index is -0.663. The Morgan fingerprint density at radius 2 is 1.59 bits per heavy atom. The van der Waals surface area contributed by atoms with Crippen LogP contribution in [0.25, 0.3) is 11.3 Å². The van der Waals surface area contributed by atoms with Gasteiger partial charge in [0.25, 0.3) is 0 Å². The van der Waals surface area contributed by atoms with Crippen molar-refractivity contribution in [1.82, 2.24) is 10.2 Å². The van der Waals surface area contributed by atoms with E-state index in [9.17, 15) is 8.78 Å². The molecule has 0 aliphatic heterocycles. The van der Waals surface area contributed by atoms with Crippen LogP contribution in [0.2, 0.25) is 5.15 Å². The van der Waals surface area contributed by atoms with E-state index in [-0.39, 0.29) is 16.4 Å². The molecule has 0 spiro atoms. The van der Waals surface area contributed by atoms with E-state index in [4.69, 9.17) is 11.6 Å². The molecule has 1 aromatic heterocycles. The van der Waals surface area contributed by atoms with Crippen molar-refractivity contribution in [2.45, 2.75) is 13.8 Å². The molecule has 0 atom stereocenters. The number of benzene rings is 1. The Morgan fingerprint density at radius 1 is 1.00 bits per heavy atom. The van der Waals surface area contributed by atoms with Crippen molar-refractivity contribution in [3.8, 4) is 11.3 Å². The van der Waals surface area contributed by atoms with Crippen LogP contribution in [-0.2, 0) is 0 Å². The summed E-state index contributed by atoms with van der Waals surface area (Å²) in [5, 5.41) is 7.69. The van der Waals surface area contributed by atoms with E-state index in [1.165, 1.54) is 18.2 Å². The largest absolute Gasteiger partial charge is 0.206 e. The van der Waals surface area contributed by atoms with Crippen LogP contribution in [-0.4, -0.2) is 10.2 Å². The lowest BCUT2D eigenvalue weighted by Gasteiger charge is -2.09. The van der Waals surface area contributed by atoms with Gasteiger partial charge in [-0.05, 0) is 37.1 Å². The van der Waals surface area contributed by atoms with Crippen molar-refractivity contribution in [2.24, 2.45) is 0 Å². The second-order valence-corrected chi connectivity index (χ2v) is 4.04. The van der Waals surface area contributed by atoms with Gasteiger partial charge in [-0.2, -0.15) is 0 Å². The predicted molar refractivity (Wildman–Crippen MR) is 61.9 cm³/mol. The number of nitrogens with zero attached hydrogens (tertiary/aromatic N) is 2. The fourth-order valence-electron chi connectivity index (χ4n) is 1.54. The molecule has 2 aromatic rings. The first-order valence-electron chi connectivity index (χ1n) is 4.96. The molecular formula is C12H9ClF2N2. The summed E-state index contributed by atoms with van der Waals surface area (Å²) in [7, 11) is 0. The molecule has 0 aliphatic rings. The highest BCUT2D eigenvalue weighted by Crippen LogP contribution is 2.29. The van der Waals surface area contributed by atoms with Crippen LogP contribution in [0.1, 0.15) is 11.1 Å². The molecule has 0 radical (unpaired) electrons. The highest BCUT2D eigenvalue weighted by Gasteiger charge is 2.17. The first kappa shape index (κ1) is 11.9. The molecule has 1 aromatic carbocycles. The Balaban J connectivity index is 2.74. The quantitative estimate of drug-likeness (QED) is 0.776. The van der Waals surface area contributed by atoms with Gasteiger partial charge in [-0.1, -0.05) is 17.7 Å². The monoisotopic (exact) mass is 254 g/mol. The zero-order valence-electron chi connectivity index (χ0n) is 9.26. The predicted octanol–water partition coefficient (Wildman–Crippen LogP) is 3.69. The van der Waals surface area contributed by atoms with Gasteiger partial charge in [0.05, 0.1) is 5.56 Å². The molecule has 2 rings (SSSR count). The molecule has 5 heteroatoms. The summed E-state index contributed by atoms with van der Waals surface area (Å²) >= 11 is 5.79. The summed E-state index contributed by atoms with van der Waals surface area (Å²) in [4.78, 5) is 0. The average Bonchev–Trinajstić information content (AvgIpc) is 2.29. The van der Waals surface area contributed by atoms with Crippen LogP contribution in [0.15, 0.2) is 18.2 Å². The zero-order valence-corrected chi connectivity index (χ0v) is 10.0. The van der Waals surface area contributed by atoms with Gasteiger partial charge < -0.3 is 0 Å². The molecule has 0 fully saturated rings. The van der Waals surface area contributed by atoms with E-state index in [0.717, 1.165) is 0 Å². The lowest BCUT2D eigenvalue weighted by atomic mass is 10.0. The molecular weight excluding hydrogens is 246 g/mol. The van der Waals surface area contributed by atoms with Gasteiger partial charge in [0.1, 0.15) is 17.3 Å². The summed E-state index contributed by atoms with van der Waals surface area (Å²) in [6, 6.07) is 3.67. The number of aromatic nitrogens is 2. The van der Waals surface area contributed by atoms with Crippen molar-refractivity contribution in [2.75, 3.05) is 0 Å². The third-order valence-corrected chi connectivity index (χ3v) is 3.02. The third-order valence-electron chi connectivity index (χ3n) is 2.66. The van der Waals surface area contributed by atoms with Crippen LogP contribution in [0.4, 0.5) is 8.78 Å². The van der Waals surface area contributed by atoms with Crippen molar-refractivity contribution in [1.29, 1.82) is 0 Å². The third kappa shape index (κ3) is 2.00. The molecule has 1 heterocycles. The summed E-state index contributed by atoms with van der Waals surface area (Å²) < 4.78 is 27.2. The molecule has 0 saturated carbocycles. The molecule has 0 bridgehead atoms. The maximum atomic E-state index is 13.6. The van der Waals surface area contributed by atoms with Crippen molar-refractivity contribution >= 4 is 11.6 Å². The summed E-state index contributed by atoms with van der Waals surface area (Å²) in [5.41, 5.74) is 1.30. The van der Waals surface area contributed by atoms with E-state index < -0.39 is 11.6 Å². The van der Waals surface area contributed by atoms with Crippen molar-refractivity contribution < 1.29 is 8.78 Å². The Labute approximate surface area is 102 Å². The van der Waals surface area contributed by atoms with Crippen LogP contribution in [0.3, 0.4) is 0 Å². The highest BCUT2D eigenvalue weighted by atomic mass is 35.5. The van der Waals surface area contributed by atoms with Crippen LogP contribution in [0.5, 0.6) is 0 Å². The smallest absolute Gasteiger partial charge is 0.154 e. The molecule has 88 valence electrons. The molecule has 17 heavy (non-hydrogen) atoms. The van der Waals surface area contributed by atoms with Crippen LogP contribution >= 0.6 is 11.6 Å². The minimum absolute atomic E-state index is 0.169. The second kappa shape index (κ2) is 4.37. The topological polar surface area (TPSA) is 25.8 Å². The SMILES string of the molecule is Cc1c(Cl)nnc(-c2c(F)cccc2F)c1C. The lowest BCUT2D eigenvalue weighted by molar-refractivity contribution is 0.588. The first-order chi connectivity index (χ1) is 8.02. The molecule has 0 saturated heterocycles. The molecule has 0 amide bonds. The van der Waals surface area contributed by atoms with Crippen LogP contribution in [0, 0.1) is 25.5 Å². The Bertz CT molecular complexity index is 565. The van der Waals surface area contributed by atoms with E-state index >= 15 is 0 Å². The standard InChI is InChI=1S/C12H9ClF2N2/c1-6-7(2)12(13)17-16-11(6)10-8(14)4-3-5-9(10)15/h3-5H,1-2H3. The van der Waals surface area contributed by atoms with Gasteiger partial charge >= 0.3 is 0 Å². The number of rotatable bonds is 1. The number of hydrogen-bond acceptors (Lipinski definition) is 2. The van der Waals surface area contributed by atoms with Gasteiger partial charge in [0.2, 0.25) is 0 Å². The maximum absolute atomic E-state index is 13.6. The second-order valence-electron chi connectivity index (χ2n) is 3.69. The van der Waals surface area contributed by atoms with Crippen molar-refractivity contribution in [3.63, 3.8) is 0 Å². The van der Waals surface area contributed by atoms with Gasteiger partial charge in [0, 0.05) is 0 Å². The summed E-state index contributed by atoms with van der Waals surface area (Å²) in [5.74, 6) is -1.33. The molecule has 0 N–H and O–H groups in total. The highest BCUT2D eigenvalue weighted by molar-refractivity contribution is 6.30. The number of halogens is 3. The molecule has 0 aliphatic carbocycles. The molecule has 2 nitrogen and oxygen atoms in total. The maximum Gasteiger partial charge on any atom is 0.154 e. The average molecular weight is 255 g/mol. The Morgan fingerprint density at radius 3 is 2.18 bits per heavy atom. The zero-order chi connectivity index (χ0) is 12.6. The minimum Gasteiger partial charge on any atom is -0.206 e. The van der Waals surface area contributed by atoms with E-state index in [0.29, 0.717) is 11.1 Å². The fraction of sp³-hybridized carbons (Fsp3) is 0.167. The van der Waals surface area contributed by atoms with Gasteiger partial charge in [-0.3, -0.25) is 0 Å². The number of hydrogen-bond donors (Lipinski definition) is 0. The summed E-state index contributed by atoms with van der Waals surface area (Å²) in [6.07, 6.45) is 0. The normalized spacial score (nSPS) is 10.6. The van der Waals surface area contributed by atoms with Gasteiger partial charge in [0.15, 0.2) is 5.15 Å². The van der Waals surface area contributed by atoms with E-state index in [1.54, 1.807) is 13.8 Å². The van der Waals surface area contributed by atoms with Gasteiger partial charge in [-0.25, -0.2) is 8.78 Å². The Kier molecular flexibility index (Phi) is 3.07. The molecule has 0 unspecified atom stereocenters. The van der Waals surface area contributed by atoms with Crippen LogP contribution < -0.4 is 0 Å². The van der Waals surface area contributed by atoms with Gasteiger partial charge in [-0.15, -0.1) is 10.2 Å².